The molecular formula is C58H56B2N2O2. The highest BCUT2D eigenvalue weighted by Gasteiger charge is 2.48. The van der Waals surface area contributed by atoms with Crippen molar-refractivity contribution in [2.24, 2.45) is 0 Å². The van der Waals surface area contributed by atoms with Gasteiger partial charge in [-0.05, 0) is 156 Å². The van der Waals surface area contributed by atoms with Gasteiger partial charge < -0.3 is 19.3 Å². The number of anilines is 6. The fourth-order valence-electron chi connectivity index (χ4n) is 11.6. The Balaban J connectivity index is 1.22. The average Bonchev–Trinajstić information content (AvgIpc) is 3.26. The Labute approximate surface area is 380 Å². The fraction of sp³-hybridized carbons (Fsp3) is 0.276. The standard InChI is InChI=1S/C58H56B2N2O2/c1-55(2,3)35-28-47-53-51(30-35)63-49-22-16-14-20-41(49)59(53)43-33-44-46(34-45(43)61(47)37-18-12-11-13-19-37)62(38-24-25-39-40(32-38)58(9,10)27-26-57(39,7)8)48-29-36(56(4,5)6)31-52-54(48)60(44)42-21-15-17-23-50(42)64-52/h11-25,28-34H,26-27H2,1-10H3. The Morgan fingerprint density at radius 1 is 0.422 bits per heavy atom. The number of para-hydroxylation sites is 3. The fourth-order valence-corrected chi connectivity index (χ4v) is 11.6. The molecule has 0 atom stereocenters. The molecule has 0 N–H and O–H groups in total. The van der Waals surface area contributed by atoms with Gasteiger partial charge in [0.15, 0.2) is 0 Å². The van der Waals surface area contributed by atoms with Gasteiger partial charge in [-0.15, -0.1) is 0 Å². The van der Waals surface area contributed by atoms with E-state index in [2.05, 4.69) is 212 Å². The molecular weight excluding hydrogens is 778 g/mol. The van der Waals surface area contributed by atoms with E-state index in [1.807, 2.05) is 0 Å². The quantitative estimate of drug-likeness (QED) is 0.162. The second kappa shape index (κ2) is 13.2. The molecule has 4 aliphatic heterocycles. The molecule has 12 rings (SSSR count). The van der Waals surface area contributed by atoms with E-state index in [0.29, 0.717) is 0 Å². The van der Waals surface area contributed by atoms with Crippen LogP contribution in [0.1, 0.15) is 104 Å². The molecule has 7 aromatic rings. The number of hydrogen-bond acceptors (Lipinski definition) is 4. The third-order valence-electron chi connectivity index (χ3n) is 15.3. The molecule has 0 saturated carbocycles. The lowest BCUT2D eigenvalue weighted by Gasteiger charge is -2.46. The largest absolute Gasteiger partial charge is 0.458 e. The molecule has 0 aromatic heterocycles. The highest BCUT2D eigenvalue weighted by molar-refractivity contribution is 7.02. The van der Waals surface area contributed by atoms with Crippen LogP contribution >= 0.6 is 0 Å². The molecule has 316 valence electrons. The smallest absolute Gasteiger partial charge is 0.256 e. The van der Waals surface area contributed by atoms with Gasteiger partial charge in [0, 0.05) is 34.1 Å². The summed E-state index contributed by atoms with van der Waals surface area (Å²) in [6.45, 7) is 23.5. The molecule has 5 aliphatic rings. The molecule has 0 amide bonds. The monoisotopic (exact) mass is 834 g/mol. The normalized spacial score (nSPS) is 16.8. The Hall–Kier alpha value is -6.13. The molecule has 1 aliphatic carbocycles. The highest BCUT2D eigenvalue weighted by atomic mass is 16.5. The van der Waals surface area contributed by atoms with Crippen LogP contribution in [0.15, 0.2) is 133 Å². The van der Waals surface area contributed by atoms with Crippen LogP contribution in [0.2, 0.25) is 0 Å². The predicted octanol–water partition coefficient (Wildman–Crippen LogP) is 11.4. The van der Waals surface area contributed by atoms with Gasteiger partial charge in [0.1, 0.15) is 23.0 Å². The van der Waals surface area contributed by atoms with Crippen LogP contribution in [0.3, 0.4) is 0 Å². The van der Waals surface area contributed by atoms with Gasteiger partial charge in [-0.1, -0.05) is 136 Å². The van der Waals surface area contributed by atoms with Gasteiger partial charge in [-0.25, -0.2) is 0 Å². The Bertz CT molecular complexity index is 3120. The molecule has 0 bridgehead atoms. The molecule has 0 fully saturated rings. The Morgan fingerprint density at radius 3 is 1.41 bits per heavy atom. The summed E-state index contributed by atoms with van der Waals surface area (Å²) in [5, 5.41) is 0. The minimum absolute atomic E-state index is 0.0383. The van der Waals surface area contributed by atoms with Crippen LogP contribution in [0, 0.1) is 0 Å². The molecule has 4 heterocycles. The van der Waals surface area contributed by atoms with Crippen molar-refractivity contribution in [1.82, 2.24) is 0 Å². The third-order valence-corrected chi connectivity index (χ3v) is 15.3. The number of rotatable bonds is 2. The van der Waals surface area contributed by atoms with E-state index >= 15 is 0 Å². The van der Waals surface area contributed by atoms with E-state index < -0.39 is 0 Å². The molecule has 0 unspecified atom stereocenters. The maximum absolute atomic E-state index is 7.05. The van der Waals surface area contributed by atoms with Gasteiger partial charge >= 0.3 is 0 Å². The second-order valence-corrected chi connectivity index (χ2v) is 22.4. The van der Waals surface area contributed by atoms with E-state index in [1.54, 1.807) is 0 Å². The van der Waals surface area contributed by atoms with Crippen LogP contribution in [0.25, 0.3) is 0 Å². The minimum Gasteiger partial charge on any atom is -0.458 e. The van der Waals surface area contributed by atoms with Crippen LogP contribution in [-0.4, -0.2) is 13.4 Å². The molecule has 0 saturated heterocycles. The lowest BCUT2D eigenvalue weighted by atomic mass is 9.30. The van der Waals surface area contributed by atoms with E-state index in [0.717, 1.165) is 35.1 Å². The van der Waals surface area contributed by atoms with E-state index in [4.69, 9.17) is 9.47 Å². The van der Waals surface area contributed by atoms with Crippen LogP contribution in [0.5, 0.6) is 23.0 Å². The van der Waals surface area contributed by atoms with Crippen molar-refractivity contribution in [3.05, 3.63) is 156 Å². The third kappa shape index (κ3) is 5.69. The number of nitrogens with zero attached hydrogens (tertiary/aromatic N) is 2. The molecule has 7 aromatic carbocycles. The van der Waals surface area contributed by atoms with Crippen molar-refractivity contribution < 1.29 is 9.47 Å². The van der Waals surface area contributed by atoms with Crippen molar-refractivity contribution in [3.63, 3.8) is 0 Å². The van der Waals surface area contributed by atoms with Crippen LogP contribution < -0.4 is 52.1 Å². The lowest BCUT2D eigenvalue weighted by molar-refractivity contribution is 0.332. The summed E-state index contributed by atoms with van der Waals surface area (Å²) >= 11 is 0. The van der Waals surface area contributed by atoms with Gasteiger partial charge in [0.05, 0.1) is 0 Å². The molecule has 0 spiro atoms. The summed E-state index contributed by atoms with van der Waals surface area (Å²) < 4.78 is 14.0. The summed E-state index contributed by atoms with van der Waals surface area (Å²) in [5.74, 6) is 3.74. The SMILES string of the molecule is CC(C)(C)c1cc2c3c(c1)N(c1ccccc1)c1cc4c(cc1B3c1ccccc1O2)B1c2ccccc2Oc2cc(C(C)(C)C)cc(c21)N4c1ccc2c(c1)C(C)(C)CCC2(C)C. The summed E-state index contributed by atoms with van der Waals surface area (Å²) in [6, 6.07) is 50.4. The van der Waals surface area contributed by atoms with Gasteiger partial charge in [-0.2, -0.15) is 0 Å². The van der Waals surface area contributed by atoms with Crippen molar-refractivity contribution in [1.29, 1.82) is 0 Å². The Morgan fingerprint density at radius 2 is 0.891 bits per heavy atom. The van der Waals surface area contributed by atoms with Crippen molar-refractivity contribution in [3.8, 4) is 23.0 Å². The van der Waals surface area contributed by atoms with Crippen LogP contribution in [0.4, 0.5) is 34.1 Å². The predicted molar refractivity (Wildman–Crippen MR) is 271 cm³/mol. The molecule has 64 heavy (non-hydrogen) atoms. The zero-order valence-corrected chi connectivity index (χ0v) is 39.0. The van der Waals surface area contributed by atoms with Gasteiger partial charge in [-0.3, -0.25) is 0 Å². The first-order valence-corrected chi connectivity index (χ1v) is 23.4. The Kier molecular flexibility index (Phi) is 8.15. The topological polar surface area (TPSA) is 24.9 Å². The lowest BCUT2D eigenvalue weighted by Crippen LogP contribution is -2.64. The zero-order valence-electron chi connectivity index (χ0n) is 39.0. The van der Waals surface area contributed by atoms with Crippen molar-refractivity contribution in [2.45, 2.75) is 104 Å². The first kappa shape index (κ1) is 39.5. The number of hydrogen-bond donors (Lipinski definition) is 0. The maximum Gasteiger partial charge on any atom is 0.256 e. The van der Waals surface area contributed by atoms with E-state index in [-0.39, 0.29) is 35.1 Å². The molecule has 6 heteroatoms. The van der Waals surface area contributed by atoms with Gasteiger partial charge in [0.25, 0.3) is 13.4 Å². The summed E-state index contributed by atoms with van der Waals surface area (Å²) in [6.07, 6.45) is 2.33. The summed E-state index contributed by atoms with van der Waals surface area (Å²) in [7, 11) is 0. The van der Waals surface area contributed by atoms with Crippen molar-refractivity contribution >= 4 is 80.3 Å². The number of fused-ring (bicyclic) bond motifs is 9. The summed E-state index contributed by atoms with van der Waals surface area (Å²) in [4.78, 5) is 5.13. The van der Waals surface area contributed by atoms with E-state index in [9.17, 15) is 0 Å². The number of ether oxygens (including phenoxy) is 2. The second-order valence-electron chi connectivity index (χ2n) is 22.4. The summed E-state index contributed by atoms with van der Waals surface area (Å²) in [5.41, 5.74) is 19.8. The first-order chi connectivity index (χ1) is 30.5. The average molecular weight is 835 g/mol. The van der Waals surface area contributed by atoms with Gasteiger partial charge in [0.2, 0.25) is 0 Å². The van der Waals surface area contributed by atoms with Crippen molar-refractivity contribution in [2.75, 3.05) is 9.80 Å². The van der Waals surface area contributed by atoms with E-state index in [1.165, 1.54) is 89.9 Å². The maximum atomic E-state index is 7.05. The number of benzene rings is 7. The first-order valence-electron chi connectivity index (χ1n) is 23.4. The molecule has 0 radical (unpaired) electrons. The molecule has 4 nitrogen and oxygen atoms in total. The van der Waals surface area contributed by atoms with Crippen LogP contribution in [-0.2, 0) is 21.7 Å². The minimum atomic E-state index is -0.113. The highest BCUT2D eigenvalue weighted by Crippen LogP contribution is 2.51. The zero-order chi connectivity index (χ0) is 44.2.